The number of pyridine rings is 1. The largest absolute Gasteiger partial charge is 0.387 e. The van der Waals surface area contributed by atoms with E-state index in [0.29, 0.717) is 0 Å². The summed E-state index contributed by atoms with van der Waals surface area (Å²) >= 11 is 0. The average Bonchev–Trinajstić information content (AvgIpc) is 2.72. The molecule has 3 nitrogen and oxygen atoms in total. The zero-order valence-corrected chi connectivity index (χ0v) is 8.26. The fraction of sp³-hybridized carbons (Fsp3) is 0.545. The molecule has 76 valence electrons. The van der Waals surface area contributed by atoms with Crippen molar-refractivity contribution in [1.29, 1.82) is 0 Å². The van der Waals surface area contributed by atoms with Crippen LogP contribution in [-0.2, 0) is 0 Å². The second-order valence-electron chi connectivity index (χ2n) is 3.81. The third kappa shape index (κ3) is 2.30. The van der Waals surface area contributed by atoms with E-state index in [2.05, 4.69) is 9.88 Å². The molecule has 2 heterocycles. The highest BCUT2D eigenvalue weighted by Gasteiger charge is 2.16. The monoisotopic (exact) mass is 192 g/mol. The highest BCUT2D eigenvalue weighted by atomic mass is 16.3. The molecular formula is C11H16N2O. The fourth-order valence-electron chi connectivity index (χ4n) is 1.89. The van der Waals surface area contributed by atoms with Gasteiger partial charge in [-0.05, 0) is 32.0 Å². The molecule has 2 rings (SSSR count). The van der Waals surface area contributed by atoms with Crippen molar-refractivity contribution in [3.63, 3.8) is 0 Å². The van der Waals surface area contributed by atoms with Crippen LogP contribution in [0.1, 0.15) is 24.5 Å². The van der Waals surface area contributed by atoms with E-state index < -0.39 is 0 Å². The lowest BCUT2D eigenvalue weighted by molar-refractivity contribution is 0.126. The van der Waals surface area contributed by atoms with Gasteiger partial charge in [0.25, 0.3) is 0 Å². The maximum atomic E-state index is 9.90. The molecule has 0 aromatic carbocycles. The molecule has 3 heteroatoms. The third-order valence-electron chi connectivity index (χ3n) is 2.70. The van der Waals surface area contributed by atoms with Crippen LogP contribution >= 0.6 is 0 Å². The van der Waals surface area contributed by atoms with Crippen LogP contribution in [-0.4, -0.2) is 34.6 Å². The third-order valence-corrected chi connectivity index (χ3v) is 2.70. The Morgan fingerprint density at radius 2 is 2.21 bits per heavy atom. The summed E-state index contributed by atoms with van der Waals surface area (Å²) in [6.07, 6.45) is 5.61. The normalized spacial score (nSPS) is 19.8. The molecule has 0 radical (unpaired) electrons. The Labute approximate surface area is 84.4 Å². The van der Waals surface area contributed by atoms with E-state index in [-0.39, 0.29) is 6.10 Å². The molecule has 1 aromatic rings. The van der Waals surface area contributed by atoms with Gasteiger partial charge in [-0.3, -0.25) is 4.98 Å². The molecule has 1 aliphatic heterocycles. The molecule has 1 unspecified atom stereocenters. The first-order valence-electron chi connectivity index (χ1n) is 5.16. The summed E-state index contributed by atoms with van der Waals surface area (Å²) in [7, 11) is 0. The molecule has 14 heavy (non-hydrogen) atoms. The Hall–Kier alpha value is -0.930. The van der Waals surface area contributed by atoms with E-state index in [9.17, 15) is 5.11 Å². The minimum absolute atomic E-state index is 0.387. The second-order valence-corrected chi connectivity index (χ2v) is 3.81. The molecule has 0 saturated carbocycles. The summed E-state index contributed by atoms with van der Waals surface area (Å²) in [4.78, 5) is 6.31. The molecule has 0 aliphatic carbocycles. The maximum Gasteiger partial charge on any atom is 0.0931 e. The summed E-state index contributed by atoms with van der Waals surface area (Å²) in [6, 6.07) is 3.79. The number of β-amino-alcohol motifs (C(OH)–C–C–N with tert-alkyl or cyclic N) is 1. The van der Waals surface area contributed by atoms with Crippen LogP contribution in [0, 0.1) is 0 Å². The topological polar surface area (TPSA) is 36.4 Å². The molecule has 0 amide bonds. The van der Waals surface area contributed by atoms with Gasteiger partial charge in [0.15, 0.2) is 0 Å². The van der Waals surface area contributed by atoms with E-state index in [1.165, 1.54) is 12.8 Å². The first kappa shape index (κ1) is 9.62. The predicted octanol–water partition coefficient (Wildman–Crippen LogP) is 1.21. The molecule has 1 fully saturated rings. The van der Waals surface area contributed by atoms with Gasteiger partial charge in [-0.1, -0.05) is 6.07 Å². The Morgan fingerprint density at radius 3 is 2.86 bits per heavy atom. The van der Waals surface area contributed by atoms with Crippen molar-refractivity contribution in [1.82, 2.24) is 9.88 Å². The van der Waals surface area contributed by atoms with E-state index >= 15 is 0 Å². The number of hydrogen-bond acceptors (Lipinski definition) is 3. The number of likely N-dealkylation sites (tertiary alicyclic amines) is 1. The van der Waals surface area contributed by atoms with Crippen LogP contribution in [0.3, 0.4) is 0 Å². The predicted molar refractivity (Wildman–Crippen MR) is 54.9 cm³/mol. The molecule has 1 atom stereocenters. The Kier molecular flexibility index (Phi) is 3.11. The molecule has 0 bridgehead atoms. The van der Waals surface area contributed by atoms with E-state index in [4.69, 9.17) is 0 Å². The van der Waals surface area contributed by atoms with Gasteiger partial charge in [-0.25, -0.2) is 0 Å². The van der Waals surface area contributed by atoms with Crippen molar-refractivity contribution in [3.8, 4) is 0 Å². The Balaban J connectivity index is 1.92. The zero-order valence-electron chi connectivity index (χ0n) is 8.26. The lowest BCUT2D eigenvalue weighted by Gasteiger charge is -2.19. The number of nitrogens with zero attached hydrogens (tertiary/aromatic N) is 2. The van der Waals surface area contributed by atoms with Crippen LogP contribution in [0.15, 0.2) is 24.5 Å². The number of aliphatic hydroxyl groups is 1. The molecule has 1 N–H and O–H groups in total. The summed E-state index contributed by atoms with van der Waals surface area (Å²) in [5.74, 6) is 0. The van der Waals surface area contributed by atoms with Crippen LogP contribution in [0.4, 0.5) is 0 Å². The molecular weight excluding hydrogens is 176 g/mol. The standard InChI is InChI=1S/C11H16N2O/c14-11(9-13-6-1-2-7-13)10-4-3-5-12-8-10/h3-5,8,11,14H,1-2,6-7,9H2. The van der Waals surface area contributed by atoms with Crippen molar-refractivity contribution in [2.45, 2.75) is 18.9 Å². The van der Waals surface area contributed by atoms with Crippen molar-refractivity contribution in [2.75, 3.05) is 19.6 Å². The highest BCUT2D eigenvalue weighted by molar-refractivity contribution is 5.12. The highest BCUT2D eigenvalue weighted by Crippen LogP contribution is 2.16. The lowest BCUT2D eigenvalue weighted by atomic mass is 10.1. The molecule has 1 aliphatic rings. The van der Waals surface area contributed by atoms with Crippen LogP contribution in [0.5, 0.6) is 0 Å². The van der Waals surface area contributed by atoms with E-state index in [1.807, 2.05) is 12.1 Å². The van der Waals surface area contributed by atoms with Crippen molar-refractivity contribution >= 4 is 0 Å². The second kappa shape index (κ2) is 4.53. The van der Waals surface area contributed by atoms with Gasteiger partial charge in [0.05, 0.1) is 6.10 Å². The van der Waals surface area contributed by atoms with E-state index in [0.717, 1.165) is 25.2 Å². The quantitative estimate of drug-likeness (QED) is 0.782. The summed E-state index contributed by atoms with van der Waals surface area (Å²) in [5.41, 5.74) is 0.916. The lowest BCUT2D eigenvalue weighted by Crippen LogP contribution is -2.25. The van der Waals surface area contributed by atoms with Gasteiger partial charge in [0.2, 0.25) is 0 Å². The summed E-state index contributed by atoms with van der Waals surface area (Å²) < 4.78 is 0. The number of aromatic nitrogens is 1. The van der Waals surface area contributed by atoms with Gasteiger partial charge < -0.3 is 10.0 Å². The summed E-state index contributed by atoms with van der Waals surface area (Å²) in [6.45, 7) is 2.99. The van der Waals surface area contributed by atoms with Gasteiger partial charge in [0, 0.05) is 24.5 Å². The number of hydrogen-bond donors (Lipinski definition) is 1. The molecule has 1 saturated heterocycles. The first-order chi connectivity index (χ1) is 6.86. The molecule has 1 aromatic heterocycles. The smallest absolute Gasteiger partial charge is 0.0931 e. The summed E-state index contributed by atoms with van der Waals surface area (Å²) in [5, 5.41) is 9.90. The maximum absolute atomic E-state index is 9.90. The minimum Gasteiger partial charge on any atom is -0.387 e. The number of aliphatic hydroxyl groups excluding tert-OH is 1. The number of rotatable bonds is 3. The first-order valence-corrected chi connectivity index (χ1v) is 5.16. The van der Waals surface area contributed by atoms with Crippen LogP contribution < -0.4 is 0 Å². The van der Waals surface area contributed by atoms with Gasteiger partial charge in [0.1, 0.15) is 0 Å². The molecule has 0 spiro atoms. The van der Waals surface area contributed by atoms with Gasteiger partial charge in [-0.15, -0.1) is 0 Å². The Morgan fingerprint density at radius 1 is 1.43 bits per heavy atom. The van der Waals surface area contributed by atoms with Crippen molar-refractivity contribution in [2.24, 2.45) is 0 Å². The Bertz CT molecular complexity index is 270. The van der Waals surface area contributed by atoms with Gasteiger partial charge >= 0.3 is 0 Å². The van der Waals surface area contributed by atoms with Crippen molar-refractivity contribution in [3.05, 3.63) is 30.1 Å². The minimum atomic E-state index is -0.387. The van der Waals surface area contributed by atoms with E-state index in [1.54, 1.807) is 12.4 Å². The van der Waals surface area contributed by atoms with Crippen LogP contribution in [0.2, 0.25) is 0 Å². The zero-order chi connectivity index (χ0) is 9.80. The van der Waals surface area contributed by atoms with Crippen molar-refractivity contribution < 1.29 is 5.11 Å². The van der Waals surface area contributed by atoms with Crippen LogP contribution in [0.25, 0.3) is 0 Å². The SMILES string of the molecule is OC(CN1CCCC1)c1cccnc1. The van der Waals surface area contributed by atoms with Gasteiger partial charge in [-0.2, -0.15) is 0 Å². The fourth-order valence-corrected chi connectivity index (χ4v) is 1.89. The average molecular weight is 192 g/mol.